The molecule has 1 aliphatic rings. The van der Waals surface area contributed by atoms with Crippen LogP contribution in [-0.2, 0) is 6.54 Å². The number of nitrogens with two attached hydrogens (primary N) is 1. The molecule has 0 aliphatic carbocycles. The van der Waals surface area contributed by atoms with E-state index in [1.807, 2.05) is 36.5 Å². The molecule has 0 unspecified atom stereocenters. The van der Waals surface area contributed by atoms with Gasteiger partial charge in [0, 0.05) is 18.3 Å². The predicted octanol–water partition coefficient (Wildman–Crippen LogP) is 3.62. The fraction of sp³-hybridized carbons (Fsp3) is 0.273. The molecule has 0 saturated carbocycles. The first-order valence-electron chi connectivity index (χ1n) is 9.66. The topological polar surface area (TPSA) is 87.0 Å². The smallest absolute Gasteiger partial charge is 0.255 e. The van der Waals surface area contributed by atoms with Crippen molar-refractivity contribution >= 4 is 17.3 Å². The van der Waals surface area contributed by atoms with Gasteiger partial charge in [0.2, 0.25) is 0 Å². The summed E-state index contributed by atoms with van der Waals surface area (Å²) in [5.74, 6) is 0.399. The van der Waals surface area contributed by atoms with Crippen molar-refractivity contribution in [2.24, 2.45) is 0 Å². The number of benzene rings is 2. The largest absolute Gasteiger partial charge is 0.397 e. The maximum absolute atomic E-state index is 12.5. The Balaban J connectivity index is 1.33. The maximum atomic E-state index is 12.5. The number of H-pyrrole nitrogens is 1. The lowest BCUT2D eigenvalue weighted by atomic mass is 9.89. The summed E-state index contributed by atoms with van der Waals surface area (Å²) < 4.78 is 0. The number of amides is 1. The average Bonchev–Trinajstić information content (AvgIpc) is 3.23. The Morgan fingerprint density at radius 3 is 2.54 bits per heavy atom. The van der Waals surface area contributed by atoms with Gasteiger partial charge in [0.1, 0.15) is 0 Å². The second-order valence-electron chi connectivity index (χ2n) is 7.28. The summed E-state index contributed by atoms with van der Waals surface area (Å²) in [6, 6.07) is 17.3. The van der Waals surface area contributed by atoms with E-state index in [1.54, 1.807) is 12.1 Å². The van der Waals surface area contributed by atoms with Crippen molar-refractivity contribution in [3.8, 4) is 0 Å². The molecule has 144 valence electrons. The number of rotatable bonds is 5. The molecule has 1 aliphatic heterocycles. The maximum Gasteiger partial charge on any atom is 0.255 e. The highest BCUT2D eigenvalue weighted by Crippen LogP contribution is 2.29. The molecule has 0 spiro atoms. The van der Waals surface area contributed by atoms with Crippen molar-refractivity contribution in [3.05, 3.63) is 77.6 Å². The van der Waals surface area contributed by atoms with Gasteiger partial charge in [-0.25, -0.2) is 0 Å². The van der Waals surface area contributed by atoms with E-state index in [9.17, 15) is 4.79 Å². The van der Waals surface area contributed by atoms with E-state index in [0.29, 0.717) is 22.9 Å². The fourth-order valence-corrected chi connectivity index (χ4v) is 3.74. The van der Waals surface area contributed by atoms with E-state index in [4.69, 9.17) is 5.73 Å². The Bertz CT molecular complexity index is 912. The minimum Gasteiger partial charge on any atom is -0.397 e. The van der Waals surface area contributed by atoms with Crippen molar-refractivity contribution in [1.29, 1.82) is 0 Å². The van der Waals surface area contributed by atoms with Crippen molar-refractivity contribution < 1.29 is 4.79 Å². The quantitative estimate of drug-likeness (QED) is 0.595. The van der Waals surface area contributed by atoms with Gasteiger partial charge in [-0.05, 0) is 67.7 Å². The second-order valence-corrected chi connectivity index (χ2v) is 7.28. The van der Waals surface area contributed by atoms with Gasteiger partial charge in [0.15, 0.2) is 0 Å². The zero-order valence-corrected chi connectivity index (χ0v) is 15.8. The highest BCUT2D eigenvalue weighted by Gasteiger charge is 2.21. The summed E-state index contributed by atoms with van der Waals surface area (Å²) in [5.41, 5.74) is 10.1. The molecule has 2 heterocycles. The van der Waals surface area contributed by atoms with E-state index in [0.717, 1.165) is 38.2 Å². The van der Waals surface area contributed by atoms with Crippen LogP contribution in [0.25, 0.3) is 0 Å². The summed E-state index contributed by atoms with van der Waals surface area (Å²) in [6.07, 6.45) is 4.11. The molecule has 6 nitrogen and oxygen atoms in total. The lowest BCUT2D eigenvalue weighted by Crippen LogP contribution is -2.32. The van der Waals surface area contributed by atoms with Crippen molar-refractivity contribution in [3.63, 3.8) is 0 Å². The van der Waals surface area contributed by atoms with Crippen LogP contribution >= 0.6 is 0 Å². The molecule has 1 aromatic heterocycles. The normalized spacial score (nSPS) is 15.4. The minimum absolute atomic E-state index is 0.140. The summed E-state index contributed by atoms with van der Waals surface area (Å²) in [6.45, 7) is 3.03. The Kier molecular flexibility index (Phi) is 5.39. The van der Waals surface area contributed by atoms with Gasteiger partial charge in [-0.3, -0.25) is 14.8 Å². The van der Waals surface area contributed by atoms with Crippen LogP contribution < -0.4 is 11.1 Å². The van der Waals surface area contributed by atoms with Crippen LogP contribution in [-0.4, -0.2) is 34.1 Å². The lowest BCUT2D eigenvalue weighted by Gasteiger charge is -2.31. The number of nitrogens with zero attached hydrogens (tertiary/aromatic N) is 2. The third-order valence-electron chi connectivity index (χ3n) is 5.38. The molecule has 1 amide bonds. The molecule has 1 saturated heterocycles. The van der Waals surface area contributed by atoms with E-state index in [2.05, 4.69) is 32.5 Å². The van der Waals surface area contributed by atoms with Gasteiger partial charge in [0.05, 0.1) is 17.1 Å². The molecule has 0 bridgehead atoms. The van der Waals surface area contributed by atoms with Gasteiger partial charge in [-0.15, -0.1) is 0 Å². The highest BCUT2D eigenvalue weighted by atomic mass is 16.1. The first-order valence-corrected chi connectivity index (χ1v) is 9.66. The lowest BCUT2D eigenvalue weighted by molar-refractivity contribution is 0.102. The molecule has 0 atom stereocenters. The highest BCUT2D eigenvalue weighted by molar-refractivity contribution is 6.05. The van der Waals surface area contributed by atoms with Crippen LogP contribution in [0, 0.1) is 0 Å². The van der Waals surface area contributed by atoms with Crippen LogP contribution in [0.15, 0.2) is 60.8 Å². The van der Waals surface area contributed by atoms with E-state index < -0.39 is 0 Å². The van der Waals surface area contributed by atoms with Gasteiger partial charge in [-0.1, -0.05) is 24.3 Å². The molecule has 2 aromatic carbocycles. The number of carbonyl (C=O) groups is 1. The number of likely N-dealkylation sites (tertiary alicyclic amines) is 1. The van der Waals surface area contributed by atoms with E-state index in [1.165, 1.54) is 5.56 Å². The average molecular weight is 375 g/mol. The number of hydrogen-bond donors (Lipinski definition) is 3. The first kappa shape index (κ1) is 18.3. The molecule has 0 radical (unpaired) electrons. The van der Waals surface area contributed by atoms with E-state index in [-0.39, 0.29) is 5.91 Å². The van der Waals surface area contributed by atoms with Crippen molar-refractivity contribution in [2.45, 2.75) is 25.3 Å². The molecular weight excluding hydrogens is 350 g/mol. The zero-order chi connectivity index (χ0) is 19.3. The van der Waals surface area contributed by atoms with Gasteiger partial charge < -0.3 is 11.1 Å². The van der Waals surface area contributed by atoms with Gasteiger partial charge in [0.25, 0.3) is 5.91 Å². The molecule has 4 N–H and O–H groups in total. The Labute approximate surface area is 164 Å². The molecule has 3 aromatic rings. The number of nitrogens with one attached hydrogen (secondary N) is 2. The number of nitrogen functional groups attached to an aromatic ring is 1. The molecule has 28 heavy (non-hydrogen) atoms. The number of aromatic amines is 1. The number of carbonyl (C=O) groups excluding carboxylic acids is 1. The molecular formula is C22H25N5O. The summed E-state index contributed by atoms with van der Waals surface area (Å²) in [7, 11) is 0. The van der Waals surface area contributed by atoms with Crippen molar-refractivity contribution in [1.82, 2.24) is 15.1 Å². The first-order chi connectivity index (χ1) is 13.7. The van der Waals surface area contributed by atoms with Crippen LogP contribution in [0.1, 0.15) is 40.4 Å². The van der Waals surface area contributed by atoms with Crippen LogP contribution in [0.2, 0.25) is 0 Å². The number of para-hydroxylation sites is 2. The number of hydrogen-bond acceptors (Lipinski definition) is 4. The van der Waals surface area contributed by atoms with E-state index >= 15 is 0 Å². The van der Waals surface area contributed by atoms with Crippen molar-refractivity contribution in [2.75, 3.05) is 24.1 Å². The van der Waals surface area contributed by atoms with Crippen LogP contribution in [0.4, 0.5) is 11.4 Å². The van der Waals surface area contributed by atoms with Crippen LogP contribution in [0.3, 0.4) is 0 Å². The fourth-order valence-electron chi connectivity index (χ4n) is 3.74. The zero-order valence-electron chi connectivity index (χ0n) is 15.8. The molecule has 6 heteroatoms. The third-order valence-corrected chi connectivity index (χ3v) is 5.38. The predicted molar refractivity (Wildman–Crippen MR) is 111 cm³/mol. The Morgan fingerprint density at radius 2 is 1.86 bits per heavy atom. The number of anilines is 2. The SMILES string of the molecule is Nc1ccccc1NC(=O)c1ccc(C2CCN(Cc3cc[nH]n3)CC2)cc1. The monoisotopic (exact) mass is 375 g/mol. The summed E-state index contributed by atoms with van der Waals surface area (Å²) in [4.78, 5) is 14.9. The van der Waals surface area contributed by atoms with Gasteiger partial charge in [-0.2, -0.15) is 5.10 Å². The third kappa shape index (κ3) is 4.23. The molecule has 1 fully saturated rings. The minimum atomic E-state index is -0.140. The molecule has 4 rings (SSSR count). The van der Waals surface area contributed by atoms with Crippen LogP contribution in [0.5, 0.6) is 0 Å². The second kappa shape index (κ2) is 8.27. The van der Waals surface area contributed by atoms with Gasteiger partial charge >= 0.3 is 0 Å². The summed E-state index contributed by atoms with van der Waals surface area (Å²) >= 11 is 0. The standard InChI is InChI=1S/C22H25N5O/c23-20-3-1-2-4-21(20)25-22(28)18-7-5-16(6-8-18)17-10-13-27(14-11-17)15-19-9-12-24-26-19/h1-9,12,17H,10-11,13-15,23H2,(H,24,26)(H,25,28). The Morgan fingerprint density at radius 1 is 1.11 bits per heavy atom. The number of aromatic nitrogens is 2. The number of piperidine rings is 1. The summed E-state index contributed by atoms with van der Waals surface area (Å²) in [5, 5.41) is 9.98. The Hall–Kier alpha value is -3.12.